The SMILES string of the molecule is CC1CCN(CCCc2ccc(N(Cc3ccc(O)cc3)S(=O)(=O)c3ccccc3)cc2)CC1C. The van der Waals surface area contributed by atoms with Crippen molar-refractivity contribution in [3.63, 3.8) is 0 Å². The lowest BCUT2D eigenvalue weighted by atomic mass is 9.88. The van der Waals surface area contributed by atoms with Crippen molar-refractivity contribution in [2.75, 3.05) is 23.9 Å². The Balaban J connectivity index is 1.47. The molecule has 3 aromatic carbocycles. The largest absolute Gasteiger partial charge is 0.508 e. The molecule has 0 amide bonds. The van der Waals surface area contributed by atoms with Crippen LogP contribution in [0.25, 0.3) is 0 Å². The average molecular weight is 493 g/mol. The van der Waals surface area contributed by atoms with Crippen molar-refractivity contribution >= 4 is 15.7 Å². The monoisotopic (exact) mass is 492 g/mol. The first-order chi connectivity index (χ1) is 16.8. The Morgan fingerprint density at radius 1 is 0.886 bits per heavy atom. The Kier molecular flexibility index (Phi) is 8.14. The second-order valence-corrected chi connectivity index (χ2v) is 11.7. The van der Waals surface area contributed by atoms with E-state index >= 15 is 0 Å². The molecule has 1 heterocycles. The number of hydrogen-bond donors (Lipinski definition) is 1. The summed E-state index contributed by atoms with van der Waals surface area (Å²) in [7, 11) is -3.75. The zero-order valence-electron chi connectivity index (χ0n) is 20.7. The van der Waals surface area contributed by atoms with Gasteiger partial charge in [0.2, 0.25) is 0 Å². The Bertz CT molecular complexity index is 1180. The molecule has 0 aliphatic carbocycles. The molecule has 0 bridgehead atoms. The van der Waals surface area contributed by atoms with Crippen LogP contribution in [0.5, 0.6) is 5.75 Å². The molecular formula is C29H36N2O3S. The smallest absolute Gasteiger partial charge is 0.264 e. The summed E-state index contributed by atoms with van der Waals surface area (Å²) < 4.78 is 28.6. The predicted octanol–water partition coefficient (Wildman–Crippen LogP) is 5.70. The van der Waals surface area contributed by atoms with Gasteiger partial charge >= 0.3 is 0 Å². The molecular weight excluding hydrogens is 456 g/mol. The molecule has 35 heavy (non-hydrogen) atoms. The van der Waals surface area contributed by atoms with Gasteiger partial charge in [0.05, 0.1) is 17.1 Å². The van der Waals surface area contributed by atoms with Gasteiger partial charge in [-0.3, -0.25) is 4.31 Å². The van der Waals surface area contributed by atoms with Crippen LogP contribution >= 0.6 is 0 Å². The van der Waals surface area contributed by atoms with Crippen LogP contribution in [0, 0.1) is 11.8 Å². The molecule has 0 spiro atoms. The minimum atomic E-state index is -3.75. The fourth-order valence-corrected chi connectivity index (χ4v) is 6.16. The maximum absolute atomic E-state index is 13.6. The van der Waals surface area contributed by atoms with Crippen molar-refractivity contribution < 1.29 is 13.5 Å². The summed E-state index contributed by atoms with van der Waals surface area (Å²) in [6.45, 7) is 8.36. The number of aryl methyl sites for hydroxylation is 1. The number of benzene rings is 3. The molecule has 1 N–H and O–H groups in total. The lowest BCUT2D eigenvalue weighted by Gasteiger charge is -2.35. The van der Waals surface area contributed by atoms with E-state index in [1.165, 1.54) is 29.4 Å². The van der Waals surface area contributed by atoms with Gasteiger partial charge < -0.3 is 10.0 Å². The van der Waals surface area contributed by atoms with E-state index in [1.54, 1.807) is 48.5 Å². The Labute approximate surface area is 210 Å². The third-order valence-electron chi connectivity index (χ3n) is 7.18. The molecule has 2 unspecified atom stereocenters. The van der Waals surface area contributed by atoms with E-state index < -0.39 is 10.0 Å². The number of sulfonamides is 1. The van der Waals surface area contributed by atoms with Crippen LogP contribution in [0.1, 0.15) is 37.8 Å². The van der Waals surface area contributed by atoms with Gasteiger partial charge in [0.15, 0.2) is 0 Å². The van der Waals surface area contributed by atoms with Crippen LogP contribution in [0.3, 0.4) is 0 Å². The normalized spacial score (nSPS) is 18.9. The average Bonchev–Trinajstić information content (AvgIpc) is 2.87. The summed E-state index contributed by atoms with van der Waals surface area (Å²) in [6.07, 6.45) is 3.35. The highest BCUT2D eigenvalue weighted by Crippen LogP contribution is 2.27. The van der Waals surface area contributed by atoms with Crippen molar-refractivity contribution in [3.8, 4) is 5.75 Å². The molecule has 0 aromatic heterocycles. The molecule has 1 aliphatic heterocycles. The number of rotatable bonds is 9. The minimum Gasteiger partial charge on any atom is -0.508 e. The van der Waals surface area contributed by atoms with Crippen LogP contribution in [0.2, 0.25) is 0 Å². The van der Waals surface area contributed by atoms with Crippen molar-refractivity contribution in [3.05, 3.63) is 90.0 Å². The number of hydrogen-bond acceptors (Lipinski definition) is 4. The molecule has 1 fully saturated rings. The van der Waals surface area contributed by atoms with Gasteiger partial charge in [-0.1, -0.05) is 56.3 Å². The predicted molar refractivity (Wildman–Crippen MR) is 142 cm³/mol. The summed E-state index contributed by atoms with van der Waals surface area (Å²) in [6, 6.07) is 23.1. The molecule has 0 radical (unpaired) electrons. The van der Waals surface area contributed by atoms with E-state index in [0.717, 1.165) is 36.8 Å². The zero-order chi connectivity index (χ0) is 24.8. The zero-order valence-corrected chi connectivity index (χ0v) is 21.5. The van der Waals surface area contributed by atoms with Gasteiger partial charge in [-0.25, -0.2) is 8.42 Å². The second kappa shape index (κ2) is 11.3. The molecule has 0 saturated carbocycles. The Morgan fingerprint density at radius 3 is 2.20 bits per heavy atom. The first kappa shape index (κ1) is 25.3. The number of likely N-dealkylation sites (tertiary alicyclic amines) is 1. The van der Waals surface area contributed by atoms with Crippen LogP contribution in [-0.2, 0) is 23.0 Å². The number of phenols is 1. The maximum Gasteiger partial charge on any atom is 0.264 e. The third kappa shape index (κ3) is 6.44. The highest BCUT2D eigenvalue weighted by molar-refractivity contribution is 7.92. The first-order valence-corrected chi connectivity index (χ1v) is 13.9. The molecule has 3 aromatic rings. The summed E-state index contributed by atoms with van der Waals surface area (Å²) >= 11 is 0. The van der Waals surface area contributed by atoms with Crippen molar-refractivity contribution in [2.45, 2.75) is 44.6 Å². The van der Waals surface area contributed by atoms with Crippen LogP contribution in [-0.4, -0.2) is 38.1 Å². The number of aromatic hydroxyl groups is 1. The second-order valence-electron chi connectivity index (χ2n) is 9.81. The maximum atomic E-state index is 13.6. The van der Waals surface area contributed by atoms with E-state index in [2.05, 4.69) is 18.7 Å². The van der Waals surface area contributed by atoms with Gasteiger partial charge in [0.25, 0.3) is 10.0 Å². The number of nitrogens with zero attached hydrogens (tertiary/aromatic N) is 2. The van der Waals surface area contributed by atoms with Crippen LogP contribution < -0.4 is 4.31 Å². The topological polar surface area (TPSA) is 60.9 Å². The summed E-state index contributed by atoms with van der Waals surface area (Å²) in [5, 5.41) is 9.62. The number of phenolic OH excluding ortho intramolecular Hbond substituents is 1. The lowest BCUT2D eigenvalue weighted by molar-refractivity contribution is 0.137. The molecule has 2 atom stereocenters. The highest BCUT2D eigenvalue weighted by Gasteiger charge is 2.25. The summed E-state index contributed by atoms with van der Waals surface area (Å²) in [5.74, 6) is 1.73. The third-order valence-corrected chi connectivity index (χ3v) is 8.96. The van der Waals surface area contributed by atoms with Crippen LogP contribution in [0.4, 0.5) is 5.69 Å². The lowest BCUT2D eigenvalue weighted by Crippen LogP contribution is -2.38. The Morgan fingerprint density at radius 2 is 1.54 bits per heavy atom. The Hall–Kier alpha value is -2.83. The standard InChI is InChI=1S/C29H36N2O3S/c1-23-18-20-30(21-24(23)2)19-6-7-25-10-14-27(15-11-25)31(22-26-12-16-28(32)17-13-26)35(33,34)29-8-4-3-5-9-29/h3-5,8-17,23-24,32H,6-7,18-22H2,1-2H3. The van der Waals surface area contributed by atoms with E-state index in [9.17, 15) is 13.5 Å². The molecule has 4 rings (SSSR count). The van der Waals surface area contributed by atoms with Crippen molar-refractivity contribution in [1.82, 2.24) is 4.90 Å². The molecule has 186 valence electrons. The first-order valence-electron chi connectivity index (χ1n) is 12.5. The van der Waals surface area contributed by atoms with Gasteiger partial charge in [-0.05, 0) is 91.7 Å². The van der Waals surface area contributed by atoms with E-state index in [-0.39, 0.29) is 17.2 Å². The van der Waals surface area contributed by atoms with Crippen molar-refractivity contribution in [1.29, 1.82) is 0 Å². The van der Waals surface area contributed by atoms with E-state index in [1.807, 2.05) is 30.3 Å². The minimum absolute atomic E-state index is 0.157. The quantitative estimate of drug-likeness (QED) is 0.416. The molecule has 1 saturated heterocycles. The van der Waals surface area contributed by atoms with E-state index in [4.69, 9.17) is 0 Å². The number of anilines is 1. The van der Waals surface area contributed by atoms with Crippen molar-refractivity contribution in [2.24, 2.45) is 11.8 Å². The van der Waals surface area contributed by atoms with Gasteiger partial charge in [0, 0.05) is 6.54 Å². The van der Waals surface area contributed by atoms with E-state index in [0.29, 0.717) is 5.69 Å². The van der Waals surface area contributed by atoms with Gasteiger partial charge in [-0.15, -0.1) is 0 Å². The molecule has 5 nitrogen and oxygen atoms in total. The molecule has 6 heteroatoms. The summed E-state index contributed by atoms with van der Waals surface area (Å²) in [4.78, 5) is 2.83. The highest BCUT2D eigenvalue weighted by atomic mass is 32.2. The number of piperidine rings is 1. The molecule has 1 aliphatic rings. The fraction of sp³-hybridized carbons (Fsp3) is 0.379. The summed E-state index contributed by atoms with van der Waals surface area (Å²) in [5.41, 5.74) is 2.65. The van der Waals surface area contributed by atoms with Crippen LogP contribution in [0.15, 0.2) is 83.8 Å². The fourth-order valence-electron chi connectivity index (χ4n) is 4.69. The van der Waals surface area contributed by atoms with Gasteiger partial charge in [-0.2, -0.15) is 0 Å². The van der Waals surface area contributed by atoms with Gasteiger partial charge in [0.1, 0.15) is 5.75 Å².